The minimum absolute atomic E-state index is 0.105. The zero-order valence-electron chi connectivity index (χ0n) is 33.4. The Kier molecular flexibility index (Phi) is 12.9. The van der Waals surface area contributed by atoms with Crippen LogP contribution in [0.3, 0.4) is 0 Å². The van der Waals surface area contributed by atoms with Crippen molar-refractivity contribution in [3.63, 3.8) is 0 Å². The zero-order chi connectivity index (χ0) is 42.0. The molecule has 2 aliphatic rings. The van der Waals surface area contributed by atoms with E-state index >= 15 is 0 Å². The Morgan fingerprint density at radius 2 is 1.11 bits per heavy atom. The molecule has 2 aromatic carbocycles. The summed E-state index contributed by atoms with van der Waals surface area (Å²) in [5.74, 6) is -1.16. The van der Waals surface area contributed by atoms with Crippen molar-refractivity contribution in [1.82, 2.24) is 54.1 Å². The van der Waals surface area contributed by atoms with Crippen molar-refractivity contribution < 1.29 is 24.2 Å². The lowest BCUT2D eigenvalue weighted by Gasteiger charge is -2.23. The molecule has 10 rings (SSSR count). The molecule has 1 amide bonds. The molecule has 8 aromatic rings. The zero-order valence-corrected chi connectivity index (χ0v) is 33.4. The molecule has 312 valence electrons. The molecule has 0 unspecified atom stereocenters. The molecule has 0 spiro atoms. The van der Waals surface area contributed by atoms with Crippen molar-refractivity contribution in [3.05, 3.63) is 156 Å². The number of rotatable bonds is 9. The van der Waals surface area contributed by atoms with Gasteiger partial charge in [0, 0.05) is 63.3 Å². The van der Waals surface area contributed by atoms with Gasteiger partial charge in [-0.2, -0.15) is 20.4 Å². The second kappa shape index (κ2) is 19.3. The third-order valence-corrected chi connectivity index (χ3v) is 10.4. The standard InChI is InChI=1S/C22H22N6O2.C17H13N5O2.C5H11NO/c29-22(26-18-6-10-30-11-7-18)20-13-17(14-21-23-15-25-28(20)21)12-16-2-4-19(5-3-16)27-9-1-8-24-27;23-17(24)15-9-13(10-16-18-11-20-22(15)16)8-12-2-4-14(5-3-12)21-7-1-6-19-21;6-5-1-3-7-4-2-5/h1-5,8-9,13-15,18H,6-7,10-12H2,(H,26,29);1-7,9-11H,8H2,(H,23,24);5H,1-4,6H2. The van der Waals surface area contributed by atoms with E-state index in [0.717, 1.165) is 72.5 Å². The fraction of sp³-hybridized carbons (Fsp3) is 0.273. The number of benzene rings is 2. The highest BCUT2D eigenvalue weighted by Gasteiger charge is 2.20. The van der Waals surface area contributed by atoms with Gasteiger partial charge in [0.25, 0.3) is 5.91 Å². The number of carbonyl (C=O) groups excluding carboxylic acids is 1. The maximum atomic E-state index is 13.0. The SMILES string of the molecule is NC1CCOCC1.O=C(NC1CCOCC1)c1cc(Cc2ccc(-n3cccn3)cc2)cc2ncnn12.O=C(O)c1cc(Cc2ccc(-n3cccn3)cc2)cc2ncnn12. The molecule has 0 aliphatic carbocycles. The molecule has 8 heterocycles. The van der Waals surface area contributed by atoms with E-state index in [9.17, 15) is 14.7 Å². The predicted molar refractivity (Wildman–Crippen MR) is 225 cm³/mol. The minimum atomic E-state index is -1.03. The van der Waals surface area contributed by atoms with Gasteiger partial charge in [0.15, 0.2) is 17.0 Å². The van der Waals surface area contributed by atoms with Gasteiger partial charge < -0.3 is 25.6 Å². The van der Waals surface area contributed by atoms with Crippen LogP contribution in [0.4, 0.5) is 0 Å². The largest absolute Gasteiger partial charge is 0.477 e. The number of nitrogens with zero attached hydrogens (tertiary/aromatic N) is 10. The molecule has 2 aliphatic heterocycles. The highest BCUT2D eigenvalue weighted by atomic mass is 16.5. The average Bonchev–Trinajstić information content (AvgIpc) is 4.14. The van der Waals surface area contributed by atoms with Gasteiger partial charge in [0.2, 0.25) is 0 Å². The summed E-state index contributed by atoms with van der Waals surface area (Å²) in [5, 5.41) is 29.1. The summed E-state index contributed by atoms with van der Waals surface area (Å²) in [4.78, 5) is 32.7. The molecule has 61 heavy (non-hydrogen) atoms. The number of pyridine rings is 2. The van der Waals surface area contributed by atoms with Crippen LogP contribution in [0.25, 0.3) is 22.7 Å². The van der Waals surface area contributed by atoms with Crippen LogP contribution >= 0.6 is 0 Å². The van der Waals surface area contributed by atoms with E-state index in [0.29, 0.717) is 49.1 Å². The second-order valence-corrected chi connectivity index (χ2v) is 14.8. The first-order valence-corrected chi connectivity index (χ1v) is 20.1. The topological polar surface area (TPSA) is 207 Å². The highest BCUT2D eigenvalue weighted by molar-refractivity contribution is 5.93. The summed E-state index contributed by atoms with van der Waals surface area (Å²) in [7, 11) is 0. The molecule has 6 aromatic heterocycles. The number of carboxylic acid groups (broad SMARTS) is 1. The molecule has 2 saturated heterocycles. The molecule has 0 bridgehead atoms. The molecule has 0 saturated carbocycles. The quantitative estimate of drug-likeness (QED) is 0.181. The number of hydrogen-bond acceptors (Lipinski definition) is 11. The predicted octanol–water partition coefficient (Wildman–Crippen LogP) is 4.74. The number of nitrogens with two attached hydrogens (primary N) is 1. The van der Waals surface area contributed by atoms with E-state index in [1.807, 2.05) is 83.8 Å². The minimum Gasteiger partial charge on any atom is -0.477 e. The Hall–Kier alpha value is -7.08. The molecule has 0 atom stereocenters. The van der Waals surface area contributed by atoms with E-state index in [1.165, 1.54) is 17.2 Å². The lowest BCUT2D eigenvalue weighted by atomic mass is 10.0. The van der Waals surface area contributed by atoms with Gasteiger partial charge in [-0.15, -0.1) is 0 Å². The van der Waals surface area contributed by atoms with E-state index in [-0.39, 0.29) is 17.6 Å². The summed E-state index contributed by atoms with van der Waals surface area (Å²) in [6.07, 6.45) is 15.2. The number of aromatic nitrogens is 10. The number of carbonyl (C=O) groups is 2. The van der Waals surface area contributed by atoms with Crippen LogP contribution in [0.15, 0.2) is 122 Å². The van der Waals surface area contributed by atoms with E-state index in [2.05, 4.69) is 47.8 Å². The average molecular weight is 823 g/mol. The molecule has 0 radical (unpaired) electrons. The maximum Gasteiger partial charge on any atom is 0.354 e. The summed E-state index contributed by atoms with van der Waals surface area (Å²) < 4.78 is 17.0. The number of ether oxygens (including phenoxy) is 2. The van der Waals surface area contributed by atoms with E-state index in [1.54, 1.807) is 27.7 Å². The fourth-order valence-corrected chi connectivity index (χ4v) is 7.14. The van der Waals surface area contributed by atoms with Crippen molar-refractivity contribution in [1.29, 1.82) is 0 Å². The van der Waals surface area contributed by atoms with Crippen LogP contribution in [-0.2, 0) is 22.3 Å². The molecular weight excluding hydrogens is 777 g/mol. The number of aromatic carboxylic acids is 1. The van der Waals surface area contributed by atoms with Crippen molar-refractivity contribution in [2.75, 3.05) is 26.4 Å². The molecule has 2 fully saturated rings. The van der Waals surface area contributed by atoms with Crippen LogP contribution in [0.5, 0.6) is 0 Å². The van der Waals surface area contributed by atoms with Crippen molar-refractivity contribution in [3.8, 4) is 11.4 Å². The van der Waals surface area contributed by atoms with Crippen LogP contribution in [0.2, 0.25) is 0 Å². The third kappa shape index (κ3) is 10.4. The molecule has 17 heteroatoms. The van der Waals surface area contributed by atoms with Gasteiger partial charge in [0.1, 0.15) is 18.3 Å². The lowest BCUT2D eigenvalue weighted by molar-refractivity contribution is 0.0681. The Morgan fingerprint density at radius 1 is 0.639 bits per heavy atom. The molecule has 4 N–H and O–H groups in total. The first kappa shape index (κ1) is 40.7. The smallest absolute Gasteiger partial charge is 0.354 e. The second-order valence-electron chi connectivity index (χ2n) is 14.8. The van der Waals surface area contributed by atoms with Crippen molar-refractivity contribution in [2.45, 2.75) is 50.6 Å². The Balaban J connectivity index is 0.000000148. The normalized spacial score (nSPS) is 14.5. The van der Waals surface area contributed by atoms with Gasteiger partial charge in [-0.3, -0.25) is 4.79 Å². The molecule has 17 nitrogen and oxygen atoms in total. The Morgan fingerprint density at radius 3 is 1.56 bits per heavy atom. The van der Waals surface area contributed by atoms with Crippen LogP contribution in [-0.4, -0.2) is 104 Å². The Labute approximate surface area is 350 Å². The first-order valence-electron chi connectivity index (χ1n) is 20.1. The number of carboxylic acids is 1. The van der Waals surface area contributed by atoms with Gasteiger partial charge >= 0.3 is 5.97 Å². The van der Waals surface area contributed by atoms with E-state index < -0.39 is 5.97 Å². The van der Waals surface area contributed by atoms with Gasteiger partial charge in [-0.1, -0.05) is 24.3 Å². The number of hydrogen-bond donors (Lipinski definition) is 3. The lowest BCUT2D eigenvalue weighted by Crippen LogP contribution is -2.39. The van der Waals surface area contributed by atoms with Crippen LogP contribution in [0, 0.1) is 0 Å². The maximum absolute atomic E-state index is 13.0. The fourth-order valence-electron chi connectivity index (χ4n) is 7.14. The number of amides is 1. The van der Waals surface area contributed by atoms with Crippen LogP contribution < -0.4 is 11.1 Å². The Bertz CT molecular complexity index is 2650. The van der Waals surface area contributed by atoms with Gasteiger partial charge in [-0.25, -0.2) is 33.2 Å². The van der Waals surface area contributed by atoms with Crippen LogP contribution in [0.1, 0.15) is 68.9 Å². The summed E-state index contributed by atoms with van der Waals surface area (Å²) >= 11 is 0. The number of fused-ring (bicyclic) bond motifs is 2. The molecular formula is C44H46N12O5. The summed E-state index contributed by atoms with van der Waals surface area (Å²) in [5.41, 5.74) is 13.4. The van der Waals surface area contributed by atoms with E-state index in [4.69, 9.17) is 15.2 Å². The first-order chi connectivity index (χ1) is 29.9. The van der Waals surface area contributed by atoms with Crippen molar-refractivity contribution in [2.24, 2.45) is 5.73 Å². The van der Waals surface area contributed by atoms with Gasteiger partial charge in [0.05, 0.1) is 11.4 Å². The highest BCUT2D eigenvalue weighted by Crippen LogP contribution is 2.19. The number of nitrogens with one attached hydrogen (secondary N) is 1. The summed E-state index contributed by atoms with van der Waals surface area (Å²) in [6, 6.07) is 27.9. The monoisotopic (exact) mass is 822 g/mol. The van der Waals surface area contributed by atoms with Gasteiger partial charge in [-0.05, 0) is 121 Å². The summed E-state index contributed by atoms with van der Waals surface area (Å²) in [6.45, 7) is 3.08. The van der Waals surface area contributed by atoms with Crippen molar-refractivity contribution >= 4 is 23.2 Å². The third-order valence-electron chi connectivity index (χ3n) is 10.4.